The molecule has 0 rings (SSSR count). The Bertz CT molecular complexity index is 114. The summed E-state index contributed by atoms with van der Waals surface area (Å²) in [6.45, 7) is 3.68. The zero-order valence-electron chi connectivity index (χ0n) is 7.71. The molecule has 0 aromatic heterocycles. The first-order chi connectivity index (χ1) is 5.27. The van der Waals surface area contributed by atoms with Crippen molar-refractivity contribution in [3.05, 3.63) is 24.9 Å². The summed E-state index contributed by atoms with van der Waals surface area (Å²) in [4.78, 5) is 2.06. The van der Waals surface area contributed by atoms with Gasteiger partial charge in [0.15, 0.2) is 0 Å². The van der Waals surface area contributed by atoms with Gasteiger partial charge in [-0.25, -0.2) is 0 Å². The van der Waals surface area contributed by atoms with Gasteiger partial charge in [-0.3, -0.25) is 0 Å². The van der Waals surface area contributed by atoms with E-state index in [0.717, 1.165) is 6.42 Å². The molecule has 0 unspecified atom stereocenters. The molecule has 0 saturated carbocycles. The van der Waals surface area contributed by atoms with Gasteiger partial charge < -0.3 is 4.90 Å². The Hall–Kier alpha value is -0.720. The molecular weight excluding hydrogens is 134 g/mol. The summed E-state index contributed by atoms with van der Waals surface area (Å²) in [6, 6.07) is 0. The third-order valence-corrected chi connectivity index (χ3v) is 1.43. The van der Waals surface area contributed by atoms with Gasteiger partial charge >= 0.3 is 0 Å². The predicted octanol–water partition coefficient (Wildman–Crippen LogP) is 2.81. The fourth-order valence-electron chi connectivity index (χ4n) is 0.836. The first kappa shape index (κ1) is 10.3. The van der Waals surface area contributed by atoms with E-state index in [1.165, 1.54) is 19.3 Å². The van der Waals surface area contributed by atoms with Gasteiger partial charge in [0, 0.05) is 14.1 Å². The van der Waals surface area contributed by atoms with E-state index < -0.39 is 0 Å². The zero-order chi connectivity index (χ0) is 8.53. The summed E-state index contributed by atoms with van der Waals surface area (Å²) in [5, 5.41) is 0. The molecule has 0 saturated heterocycles. The molecule has 0 spiro atoms. The van der Waals surface area contributed by atoms with E-state index in [4.69, 9.17) is 0 Å². The molecule has 0 heterocycles. The van der Waals surface area contributed by atoms with Crippen LogP contribution in [0.5, 0.6) is 0 Å². The third-order valence-electron chi connectivity index (χ3n) is 1.43. The van der Waals surface area contributed by atoms with Crippen molar-refractivity contribution in [2.24, 2.45) is 0 Å². The zero-order valence-corrected chi connectivity index (χ0v) is 7.71. The number of hydrogen-bond donors (Lipinski definition) is 0. The standard InChI is InChI=1S/C10H19N/c1-4-5-6-7-8-9-10-11(2)3/h4,9-10H,1,5-8H2,2-3H3/b10-9+. The number of rotatable bonds is 6. The van der Waals surface area contributed by atoms with Crippen LogP contribution in [0.2, 0.25) is 0 Å². The van der Waals surface area contributed by atoms with Gasteiger partial charge in [0.25, 0.3) is 0 Å². The lowest BCUT2D eigenvalue weighted by atomic mass is 10.2. The van der Waals surface area contributed by atoms with Gasteiger partial charge in [-0.1, -0.05) is 12.2 Å². The van der Waals surface area contributed by atoms with Crippen LogP contribution in [0.15, 0.2) is 24.9 Å². The highest BCUT2D eigenvalue weighted by Gasteiger charge is 1.82. The van der Waals surface area contributed by atoms with Crippen LogP contribution in [0.1, 0.15) is 25.7 Å². The lowest BCUT2D eigenvalue weighted by Gasteiger charge is -2.02. The predicted molar refractivity (Wildman–Crippen MR) is 51.5 cm³/mol. The molecule has 0 aromatic rings. The van der Waals surface area contributed by atoms with E-state index in [9.17, 15) is 0 Å². The minimum Gasteiger partial charge on any atom is -0.384 e. The Kier molecular flexibility index (Phi) is 6.90. The van der Waals surface area contributed by atoms with E-state index in [-0.39, 0.29) is 0 Å². The summed E-state index contributed by atoms with van der Waals surface area (Å²) in [7, 11) is 4.08. The van der Waals surface area contributed by atoms with Crippen LogP contribution in [-0.4, -0.2) is 19.0 Å². The number of unbranched alkanes of at least 4 members (excludes halogenated alkanes) is 3. The second kappa shape index (κ2) is 7.39. The quantitative estimate of drug-likeness (QED) is 0.419. The molecule has 0 aliphatic carbocycles. The first-order valence-electron chi connectivity index (χ1n) is 4.21. The highest BCUT2D eigenvalue weighted by Crippen LogP contribution is 2.00. The van der Waals surface area contributed by atoms with Crippen LogP contribution >= 0.6 is 0 Å². The van der Waals surface area contributed by atoms with Crippen molar-refractivity contribution in [3.63, 3.8) is 0 Å². The molecule has 0 radical (unpaired) electrons. The number of nitrogens with zero attached hydrogens (tertiary/aromatic N) is 1. The van der Waals surface area contributed by atoms with Crippen LogP contribution in [0.25, 0.3) is 0 Å². The highest BCUT2D eigenvalue weighted by molar-refractivity contribution is 4.79. The van der Waals surface area contributed by atoms with Gasteiger partial charge in [0.1, 0.15) is 0 Å². The largest absolute Gasteiger partial charge is 0.384 e. The average Bonchev–Trinajstić information content (AvgIpc) is 1.96. The Morgan fingerprint density at radius 1 is 1.18 bits per heavy atom. The first-order valence-corrected chi connectivity index (χ1v) is 4.21. The second-order valence-corrected chi connectivity index (χ2v) is 2.92. The van der Waals surface area contributed by atoms with Crippen LogP contribution in [0.3, 0.4) is 0 Å². The molecule has 0 amide bonds. The van der Waals surface area contributed by atoms with Crippen molar-refractivity contribution in [1.29, 1.82) is 0 Å². The molecule has 0 bridgehead atoms. The van der Waals surface area contributed by atoms with E-state index >= 15 is 0 Å². The maximum absolute atomic E-state index is 3.68. The Morgan fingerprint density at radius 3 is 2.36 bits per heavy atom. The van der Waals surface area contributed by atoms with Gasteiger partial charge in [-0.2, -0.15) is 0 Å². The molecule has 0 aliphatic rings. The Labute approximate surface area is 70.4 Å². The SMILES string of the molecule is C=CCCCC/C=C/N(C)C. The van der Waals surface area contributed by atoms with Crippen molar-refractivity contribution >= 4 is 0 Å². The smallest absolute Gasteiger partial charge is 0.00555 e. The molecule has 0 N–H and O–H groups in total. The van der Waals surface area contributed by atoms with Crippen molar-refractivity contribution in [3.8, 4) is 0 Å². The minimum absolute atomic E-state index is 1.15. The monoisotopic (exact) mass is 153 g/mol. The molecule has 1 nitrogen and oxygen atoms in total. The van der Waals surface area contributed by atoms with Crippen molar-refractivity contribution in [2.45, 2.75) is 25.7 Å². The maximum atomic E-state index is 3.68. The van der Waals surface area contributed by atoms with E-state index in [2.05, 4.69) is 23.8 Å². The highest BCUT2D eigenvalue weighted by atomic mass is 15.0. The Balaban J connectivity index is 3.07. The molecule has 0 aliphatic heterocycles. The summed E-state index contributed by atoms with van der Waals surface area (Å²) in [5.74, 6) is 0. The lowest BCUT2D eigenvalue weighted by molar-refractivity contribution is 0.559. The molecular formula is C10H19N. The summed E-state index contributed by atoms with van der Waals surface area (Å²) in [5.41, 5.74) is 0. The fourth-order valence-corrected chi connectivity index (χ4v) is 0.836. The van der Waals surface area contributed by atoms with Gasteiger partial charge in [0.2, 0.25) is 0 Å². The summed E-state index contributed by atoms with van der Waals surface area (Å²) in [6.07, 6.45) is 11.2. The van der Waals surface area contributed by atoms with Gasteiger partial charge in [0.05, 0.1) is 0 Å². The number of hydrogen-bond acceptors (Lipinski definition) is 1. The van der Waals surface area contributed by atoms with Gasteiger partial charge in [-0.15, -0.1) is 6.58 Å². The molecule has 0 fully saturated rings. The normalized spacial score (nSPS) is 10.4. The fraction of sp³-hybridized carbons (Fsp3) is 0.600. The minimum atomic E-state index is 1.15. The maximum Gasteiger partial charge on any atom is 0.00555 e. The Morgan fingerprint density at radius 2 is 1.82 bits per heavy atom. The average molecular weight is 153 g/mol. The van der Waals surface area contributed by atoms with E-state index in [1.807, 2.05) is 20.2 Å². The molecule has 64 valence electrons. The van der Waals surface area contributed by atoms with Crippen molar-refractivity contribution in [1.82, 2.24) is 4.90 Å². The van der Waals surface area contributed by atoms with Crippen LogP contribution in [-0.2, 0) is 0 Å². The number of allylic oxidation sites excluding steroid dienone is 2. The third kappa shape index (κ3) is 9.28. The second-order valence-electron chi connectivity index (χ2n) is 2.92. The molecule has 1 heteroatoms. The molecule has 11 heavy (non-hydrogen) atoms. The van der Waals surface area contributed by atoms with E-state index in [0.29, 0.717) is 0 Å². The molecule has 0 aromatic carbocycles. The lowest BCUT2D eigenvalue weighted by Crippen LogP contribution is -1.99. The van der Waals surface area contributed by atoms with E-state index in [1.54, 1.807) is 0 Å². The van der Waals surface area contributed by atoms with Crippen molar-refractivity contribution < 1.29 is 0 Å². The van der Waals surface area contributed by atoms with Crippen LogP contribution in [0, 0.1) is 0 Å². The van der Waals surface area contributed by atoms with Crippen LogP contribution in [0.4, 0.5) is 0 Å². The molecule has 0 atom stereocenters. The van der Waals surface area contributed by atoms with Crippen molar-refractivity contribution in [2.75, 3.05) is 14.1 Å². The van der Waals surface area contributed by atoms with Gasteiger partial charge in [-0.05, 0) is 31.9 Å². The summed E-state index contributed by atoms with van der Waals surface area (Å²) >= 11 is 0. The van der Waals surface area contributed by atoms with Crippen LogP contribution < -0.4 is 0 Å². The topological polar surface area (TPSA) is 3.24 Å². The summed E-state index contributed by atoms with van der Waals surface area (Å²) < 4.78 is 0.